The summed E-state index contributed by atoms with van der Waals surface area (Å²) in [5, 5.41) is 5.26. The summed E-state index contributed by atoms with van der Waals surface area (Å²) in [6, 6.07) is 16.3. The highest BCUT2D eigenvalue weighted by Crippen LogP contribution is 2.38. The summed E-state index contributed by atoms with van der Waals surface area (Å²) in [6.45, 7) is 2.04. The number of aliphatic imine (C=N–C) groups is 1. The molecule has 0 spiro atoms. The Morgan fingerprint density at radius 3 is 2.60 bits per heavy atom. The van der Waals surface area contributed by atoms with Crippen molar-refractivity contribution in [2.75, 3.05) is 5.32 Å². The third-order valence-corrected chi connectivity index (χ3v) is 6.57. The van der Waals surface area contributed by atoms with Crippen LogP contribution in [-0.2, 0) is 19.4 Å². The number of pyridine rings is 1. The summed E-state index contributed by atoms with van der Waals surface area (Å²) in [7, 11) is -0.436. The van der Waals surface area contributed by atoms with Gasteiger partial charge in [0.05, 0.1) is 17.9 Å². The monoisotopic (exact) mass is 424 g/mol. The van der Waals surface area contributed by atoms with Crippen molar-refractivity contribution < 1.29 is 8.78 Å². The summed E-state index contributed by atoms with van der Waals surface area (Å²) in [4.78, 5) is 9.49. The predicted molar refractivity (Wildman–Crippen MR) is 120 cm³/mol. The molecule has 1 aromatic heterocycles. The highest BCUT2D eigenvalue weighted by Gasteiger charge is 2.22. The second-order valence-corrected chi connectivity index (χ2v) is 8.57. The lowest BCUT2D eigenvalue weighted by Gasteiger charge is -2.27. The second kappa shape index (κ2) is 9.17. The Hall–Kier alpha value is -3.06. The molecule has 4 rings (SSSR count). The van der Waals surface area contributed by atoms with Crippen molar-refractivity contribution in [3.63, 3.8) is 0 Å². The summed E-state index contributed by atoms with van der Waals surface area (Å²) in [5.41, 5.74) is 2.80. The Kier molecular flexibility index (Phi) is 6.18. The van der Waals surface area contributed by atoms with E-state index in [-0.39, 0.29) is 18.1 Å². The average Bonchev–Trinajstić information content (AvgIpc) is 2.78. The van der Waals surface area contributed by atoms with E-state index in [0.717, 1.165) is 22.6 Å². The van der Waals surface area contributed by atoms with Crippen LogP contribution in [0, 0.1) is 11.6 Å². The number of hydrogen-bond donors (Lipinski definition) is 2. The van der Waals surface area contributed by atoms with Gasteiger partial charge < -0.3 is 10.0 Å². The van der Waals surface area contributed by atoms with Gasteiger partial charge in [-0.05, 0) is 55.0 Å². The van der Waals surface area contributed by atoms with E-state index >= 15 is 0 Å². The van der Waals surface area contributed by atoms with Gasteiger partial charge in [0.2, 0.25) is 5.96 Å². The van der Waals surface area contributed by atoms with Crippen molar-refractivity contribution in [2.45, 2.75) is 31.2 Å². The first kappa shape index (κ1) is 20.2. The molecule has 2 heterocycles. The van der Waals surface area contributed by atoms with E-state index in [1.807, 2.05) is 42.6 Å². The van der Waals surface area contributed by atoms with Gasteiger partial charge in [0.25, 0.3) is 0 Å². The van der Waals surface area contributed by atoms with Gasteiger partial charge in [-0.3, -0.25) is 4.98 Å². The van der Waals surface area contributed by atoms with E-state index in [1.165, 1.54) is 18.3 Å². The quantitative estimate of drug-likeness (QED) is 0.562. The van der Waals surface area contributed by atoms with Crippen LogP contribution < -0.4 is 10.0 Å². The molecule has 0 saturated heterocycles. The van der Waals surface area contributed by atoms with E-state index in [1.54, 1.807) is 12.1 Å². The third kappa shape index (κ3) is 4.41. The van der Waals surface area contributed by atoms with Crippen LogP contribution in [0.3, 0.4) is 0 Å². The molecule has 30 heavy (non-hydrogen) atoms. The largest absolute Gasteiger partial charge is 0.324 e. The number of anilines is 1. The molecule has 1 atom stereocenters. The molecule has 7 heteroatoms. The van der Waals surface area contributed by atoms with Crippen molar-refractivity contribution in [1.29, 1.82) is 0 Å². The van der Waals surface area contributed by atoms with Crippen LogP contribution in [0.25, 0.3) is 0 Å². The minimum Gasteiger partial charge on any atom is -0.324 e. The van der Waals surface area contributed by atoms with E-state index in [2.05, 4.69) is 20.0 Å². The number of rotatable bonds is 5. The van der Waals surface area contributed by atoms with Gasteiger partial charge in [0, 0.05) is 16.7 Å². The highest BCUT2D eigenvalue weighted by molar-refractivity contribution is 8.14. The maximum absolute atomic E-state index is 14.8. The normalized spacial score (nSPS) is 16.8. The standard InChI is InChI=1S/C23H22F2N4S/c1-2-30-21-13-12-18(24)17(11-10-16-7-4-3-5-8-16)22(21)28-23(29-30)27-15-20-19(25)9-6-14-26-20/h2-9,12-14H,10-11,15H2,1H3,(H2,27,28,29). The first-order valence-corrected chi connectivity index (χ1v) is 11.0. The van der Waals surface area contributed by atoms with Gasteiger partial charge >= 0.3 is 0 Å². The molecular formula is C23H22F2N4S. The Bertz CT molecular complexity index is 1110. The zero-order valence-electron chi connectivity index (χ0n) is 16.5. The fraction of sp³-hybridized carbons (Fsp3) is 0.174. The molecule has 1 unspecified atom stereocenters. The van der Waals surface area contributed by atoms with Crippen LogP contribution >= 0.6 is 10.7 Å². The average molecular weight is 425 g/mol. The van der Waals surface area contributed by atoms with Crippen LogP contribution in [0.5, 0.6) is 0 Å². The molecule has 0 saturated carbocycles. The van der Waals surface area contributed by atoms with Gasteiger partial charge in [-0.2, -0.15) is 0 Å². The Balaban J connectivity index is 1.63. The van der Waals surface area contributed by atoms with Crippen molar-refractivity contribution in [3.05, 3.63) is 89.2 Å². The molecule has 0 amide bonds. The van der Waals surface area contributed by atoms with Crippen molar-refractivity contribution in [1.82, 2.24) is 9.71 Å². The van der Waals surface area contributed by atoms with Gasteiger partial charge in [-0.1, -0.05) is 41.0 Å². The molecule has 1 aliphatic rings. The summed E-state index contributed by atoms with van der Waals surface area (Å²) in [5.74, 6) is -0.150. The number of hydrogen-bond acceptors (Lipinski definition) is 2. The van der Waals surface area contributed by atoms with Crippen molar-refractivity contribution in [2.24, 2.45) is 4.99 Å². The van der Waals surface area contributed by atoms with E-state index < -0.39 is 16.5 Å². The summed E-state index contributed by atoms with van der Waals surface area (Å²) in [6.07, 6.45) is 2.84. The maximum Gasteiger partial charge on any atom is 0.206 e. The van der Waals surface area contributed by atoms with Crippen molar-refractivity contribution >= 4 is 27.7 Å². The number of aromatic nitrogens is 1. The fourth-order valence-electron chi connectivity index (χ4n) is 3.33. The molecule has 0 bridgehead atoms. The highest BCUT2D eigenvalue weighted by atomic mass is 32.2. The van der Waals surface area contributed by atoms with Crippen LogP contribution in [-0.4, -0.2) is 16.3 Å². The lowest BCUT2D eigenvalue weighted by Crippen LogP contribution is -2.32. The lowest BCUT2D eigenvalue weighted by atomic mass is 10.0. The second-order valence-electron chi connectivity index (χ2n) is 6.78. The molecule has 0 aliphatic carbocycles. The van der Waals surface area contributed by atoms with Crippen LogP contribution in [0.1, 0.15) is 23.7 Å². The maximum atomic E-state index is 14.8. The van der Waals surface area contributed by atoms with E-state index in [0.29, 0.717) is 17.9 Å². The van der Waals surface area contributed by atoms with Crippen LogP contribution in [0.2, 0.25) is 0 Å². The molecule has 154 valence electrons. The fourth-order valence-corrected chi connectivity index (χ4v) is 4.74. The van der Waals surface area contributed by atoms with Crippen LogP contribution in [0.4, 0.5) is 14.5 Å². The predicted octanol–water partition coefficient (Wildman–Crippen LogP) is 5.08. The first-order valence-electron chi connectivity index (χ1n) is 9.71. The third-order valence-electron chi connectivity index (χ3n) is 4.87. The number of fused-ring (bicyclic) bond motifs is 1. The minimum atomic E-state index is -0.436. The number of nitrogens with zero attached hydrogens (tertiary/aromatic N) is 2. The molecule has 2 aromatic carbocycles. The van der Waals surface area contributed by atoms with Gasteiger partial charge in [-0.15, -0.1) is 0 Å². The minimum absolute atomic E-state index is 0.0902. The number of aryl methyl sites for hydroxylation is 1. The molecule has 0 radical (unpaired) electrons. The zero-order valence-corrected chi connectivity index (χ0v) is 17.3. The smallest absolute Gasteiger partial charge is 0.206 e. The number of halogens is 2. The molecule has 2 N–H and O–H groups in total. The topological polar surface area (TPSA) is 49.3 Å². The SMILES string of the molecule is C/C=S1/NC(=NCc2ncccc2F)Nc2c1ccc(F)c2CCc1ccccc1. The number of benzene rings is 2. The van der Waals surface area contributed by atoms with Gasteiger partial charge in [-0.25, -0.2) is 13.8 Å². The number of guanidine groups is 1. The first-order chi connectivity index (χ1) is 14.7. The Morgan fingerprint density at radius 1 is 1.00 bits per heavy atom. The van der Waals surface area contributed by atoms with Gasteiger partial charge in [0.1, 0.15) is 11.6 Å². The molecule has 1 aliphatic heterocycles. The molecule has 3 aromatic rings. The Labute approximate surface area is 177 Å². The zero-order chi connectivity index (χ0) is 20.9. The molecule has 0 fully saturated rings. The van der Waals surface area contributed by atoms with Gasteiger partial charge in [0.15, 0.2) is 0 Å². The lowest BCUT2D eigenvalue weighted by molar-refractivity contribution is 0.600. The van der Waals surface area contributed by atoms with E-state index in [9.17, 15) is 8.78 Å². The number of nitrogens with one attached hydrogen (secondary N) is 2. The molecule has 4 nitrogen and oxygen atoms in total. The van der Waals surface area contributed by atoms with Crippen molar-refractivity contribution in [3.8, 4) is 0 Å². The Morgan fingerprint density at radius 2 is 1.83 bits per heavy atom. The van der Waals surface area contributed by atoms with E-state index in [4.69, 9.17) is 0 Å². The van der Waals surface area contributed by atoms with Crippen LogP contribution in [0.15, 0.2) is 70.7 Å². The summed E-state index contributed by atoms with van der Waals surface area (Å²) >= 11 is 0. The summed E-state index contributed by atoms with van der Waals surface area (Å²) < 4.78 is 32.0. The molecular weight excluding hydrogens is 402 g/mol.